The molecule has 0 aromatic heterocycles. The van der Waals surface area contributed by atoms with Crippen molar-refractivity contribution in [2.75, 3.05) is 6.54 Å². The summed E-state index contributed by atoms with van der Waals surface area (Å²) in [7, 11) is 0. The summed E-state index contributed by atoms with van der Waals surface area (Å²) in [6, 6.07) is -0.760. The van der Waals surface area contributed by atoms with Crippen LogP contribution in [-0.4, -0.2) is 29.8 Å². The fourth-order valence-electron chi connectivity index (χ4n) is 1.13. The van der Waals surface area contributed by atoms with Gasteiger partial charge in [-0.3, -0.25) is 4.79 Å². The summed E-state index contributed by atoms with van der Waals surface area (Å²) in [4.78, 5) is 13.3. The molecule has 0 bridgehead atoms. The fourth-order valence-corrected chi connectivity index (χ4v) is 1.13. The molecule has 0 aromatic carbocycles. The van der Waals surface area contributed by atoms with E-state index in [1.54, 1.807) is 0 Å². The molecule has 1 rings (SSSR count). The maximum Gasteiger partial charge on any atom is 0.320 e. The third-order valence-corrected chi connectivity index (χ3v) is 1.71. The third-order valence-electron chi connectivity index (χ3n) is 1.71. The molecule has 1 saturated heterocycles. The smallest absolute Gasteiger partial charge is 0.320 e. The van der Waals surface area contributed by atoms with Crippen LogP contribution in [0.4, 0.5) is 4.39 Å². The first-order valence-electron chi connectivity index (χ1n) is 3.58. The highest BCUT2D eigenvalue weighted by Crippen LogP contribution is 2.16. The first-order chi connectivity index (χ1) is 6.13. The average molecular weight is 193 g/mol. The van der Waals surface area contributed by atoms with Crippen LogP contribution >= 0.6 is 0 Å². The Morgan fingerprint density at radius 1 is 1.77 bits per heavy atom. The first-order valence-corrected chi connectivity index (χ1v) is 3.58. The third kappa shape index (κ3) is 2.88. The highest BCUT2D eigenvalue weighted by Gasteiger charge is 2.28. The highest BCUT2D eigenvalue weighted by atomic mass is 19.2. The zero-order valence-electron chi connectivity index (χ0n) is 6.53. The van der Waals surface area contributed by atoms with Crippen LogP contribution in [0.1, 0.15) is 6.42 Å². The van der Waals surface area contributed by atoms with Crippen LogP contribution in [-0.2, 0) is 14.4 Å². The van der Waals surface area contributed by atoms with Gasteiger partial charge in [0.15, 0.2) is 0 Å². The van der Waals surface area contributed by atoms with E-state index in [1.165, 1.54) is 0 Å². The van der Waals surface area contributed by atoms with Gasteiger partial charge in [-0.2, -0.15) is 0 Å². The van der Waals surface area contributed by atoms with Gasteiger partial charge in [-0.15, -0.1) is 0 Å². The Bertz CT molecular complexity index is 190. The Labute approximate surface area is 73.2 Å². The van der Waals surface area contributed by atoms with Crippen molar-refractivity contribution in [1.29, 1.82) is 0 Å². The van der Waals surface area contributed by atoms with Crippen molar-refractivity contribution < 1.29 is 29.2 Å². The first kappa shape index (κ1) is 10.3. The molecule has 1 aliphatic heterocycles. The monoisotopic (exact) mass is 193 g/mol. The molecule has 1 heterocycles. The molecule has 6 nitrogen and oxygen atoms in total. The number of nitrogens with one attached hydrogen (secondary N) is 1. The maximum absolute atomic E-state index is 12.1. The fraction of sp³-hybridized carbons (Fsp3) is 0.667. The number of hydrogen-bond acceptors (Lipinski definition) is 5. The van der Waals surface area contributed by atoms with Crippen LogP contribution < -0.4 is 10.6 Å². The number of rotatable bonds is 4. The van der Waals surface area contributed by atoms with Gasteiger partial charge < -0.3 is 29.7 Å². The molecule has 0 saturated carbocycles. The lowest BCUT2D eigenvalue weighted by Crippen LogP contribution is -2.30. The lowest BCUT2D eigenvalue weighted by molar-refractivity contribution is -0.704. The number of carboxylic acid groups (broad SMARTS) is 1. The van der Waals surface area contributed by atoms with Gasteiger partial charge in [0.2, 0.25) is 0 Å². The molecule has 1 aliphatic rings. The number of hydrogen-bond donors (Lipinski definition) is 2. The predicted octanol–water partition coefficient (Wildman–Crippen LogP) is -1.47. The normalized spacial score (nSPS) is 28.2. The molecule has 7 heteroatoms. The minimum atomic E-state index is -1.59. The van der Waals surface area contributed by atoms with Crippen LogP contribution in [0.5, 0.6) is 0 Å². The van der Waals surface area contributed by atoms with Crippen LogP contribution in [0.3, 0.4) is 0 Å². The molecule has 0 aromatic rings. The van der Waals surface area contributed by atoms with Gasteiger partial charge >= 0.3 is 5.97 Å². The molecule has 0 spiro atoms. The Hall–Kier alpha value is -0.760. The Morgan fingerprint density at radius 2 is 2.46 bits per heavy atom. The van der Waals surface area contributed by atoms with E-state index in [-0.39, 0.29) is 13.0 Å². The van der Waals surface area contributed by atoms with Gasteiger partial charge in [-0.05, 0) is 6.42 Å². The SMILES string of the molecule is O=C(O)[C@@H]1C[C@H](O[C-](F)O[O-])CN1. The van der Waals surface area contributed by atoms with Crippen LogP contribution in [0.2, 0.25) is 0 Å². The number of ether oxygens (including phenoxy) is 1. The van der Waals surface area contributed by atoms with E-state index >= 15 is 0 Å². The van der Waals surface area contributed by atoms with Gasteiger partial charge in [0, 0.05) is 12.6 Å². The molecular formula is C6H8FNO5-2. The van der Waals surface area contributed by atoms with E-state index in [4.69, 9.17) is 5.11 Å². The van der Waals surface area contributed by atoms with Crippen LogP contribution in [0, 0.1) is 6.54 Å². The Morgan fingerprint density at radius 3 is 2.92 bits per heavy atom. The largest absolute Gasteiger partial charge is 0.755 e. The topological polar surface area (TPSA) is 90.9 Å². The Kier molecular flexibility index (Phi) is 3.55. The minimum Gasteiger partial charge on any atom is -0.755 e. The van der Waals surface area contributed by atoms with Gasteiger partial charge in [-0.1, -0.05) is 0 Å². The summed E-state index contributed by atoms with van der Waals surface area (Å²) < 4.78 is 16.4. The summed E-state index contributed by atoms with van der Waals surface area (Å²) in [5.74, 6) is -1.03. The summed E-state index contributed by atoms with van der Waals surface area (Å²) in [6.07, 6.45) is -0.568. The van der Waals surface area contributed by atoms with E-state index in [1.807, 2.05) is 0 Å². The lowest BCUT2D eigenvalue weighted by atomic mass is 10.2. The van der Waals surface area contributed by atoms with Crippen molar-refractivity contribution in [2.24, 2.45) is 0 Å². The van der Waals surface area contributed by atoms with Crippen molar-refractivity contribution in [3.05, 3.63) is 6.54 Å². The molecule has 1 fully saturated rings. The number of aliphatic carboxylic acids is 1. The maximum atomic E-state index is 12.1. The molecule has 0 radical (unpaired) electrons. The molecule has 0 amide bonds. The van der Waals surface area contributed by atoms with Crippen LogP contribution in [0.25, 0.3) is 0 Å². The molecule has 0 aliphatic carbocycles. The van der Waals surface area contributed by atoms with E-state index in [0.717, 1.165) is 0 Å². The highest BCUT2D eigenvalue weighted by molar-refractivity contribution is 5.73. The van der Waals surface area contributed by atoms with E-state index < -0.39 is 24.7 Å². The summed E-state index contributed by atoms with van der Waals surface area (Å²) in [5, 5.41) is 20.5. The van der Waals surface area contributed by atoms with E-state index in [9.17, 15) is 14.4 Å². The van der Waals surface area contributed by atoms with Crippen molar-refractivity contribution in [1.82, 2.24) is 5.32 Å². The van der Waals surface area contributed by atoms with E-state index in [0.29, 0.717) is 0 Å². The molecule has 2 N–H and O–H groups in total. The zero-order valence-corrected chi connectivity index (χ0v) is 6.53. The standard InChI is InChI=1S/C6H9FNO5/c7-6(13-11)12-3-1-4(5(9)10)8-2-3/h3-4,8,11H,1-2H2,(H,9,10)/q-1/p-1/t3-,4-/m0/s1. The van der Waals surface area contributed by atoms with E-state index in [2.05, 4.69) is 14.9 Å². The number of halogens is 1. The minimum absolute atomic E-state index is 0.103. The van der Waals surface area contributed by atoms with Gasteiger partial charge in [0.25, 0.3) is 0 Å². The summed E-state index contributed by atoms with van der Waals surface area (Å²) >= 11 is 0. The van der Waals surface area contributed by atoms with Crippen molar-refractivity contribution in [3.8, 4) is 0 Å². The second-order valence-corrected chi connectivity index (χ2v) is 2.60. The predicted molar refractivity (Wildman–Crippen MR) is 34.4 cm³/mol. The lowest BCUT2D eigenvalue weighted by Gasteiger charge is -2.31. The summed E-state index contributed by atoms with van der Waals surface area (Å²) in [6.45, 7) is -1.41. The molecule has 2 atom stereocenters. The zero-order chi connectivity index (χ0) is 9.84. The second-order valence-electron chi connectivity index (χ2n) is 2.60. The van der Waals surface area contributed by atoms with Crippen molar-refractivity contribution in [3.63, 3.8) is 0 Å². The summed E-state index contributed by atoms with van der Waals surface area (Å²) in [5.41, 5.74) is 0. The van der Waals surface area contributed by atoms with Gasteiger partial charge in [-0.25, -0.2) is 0 Å². The molecule has 76 valence electrons. The quantitative estimate of drug-likeness (QED) is 0.321. The van der Waals surface area contributed by atoms with Crippen molar-refractivity contribution in [2.45, 2.75) is 18.6 Å². The van der Waals surface area contributed by atoms with Gasteiger partial charge in [0.1, 0.15) is 6.04 Å². The second kappa shape index (κ2) is 4.47. The Balaban J connectivity index is 2.29. The number of carboxylic acids is 1. The molecular weight excluding hydrogens is 185 g/mol. The average Bonchev–Trinajstić information content (AvgIpc) is 2.52. The van der Waals surface area contributed by atoms with Crippen molar-refractivity contribution >= 4 is 5.97 Å². The molecule has 13 heavy (non-hydrogen) atoms. The molecule has 0 unspecified atom stereocenters. The number of carbonyl (C=O) groups is 1. The van der Waals surface area contributed by atoms with Crippen LogP contribution in [0.15, 0.2) is 0 Å². The van der Waals surface area contributed by atoms with Gasteiger partial charge in [0.05, 0.1) is 6.54 Å².